The van der Waals surface area contributed by atoms with Crippen LogP contribution in [0.4, 0.5) is 0 Å². The highest BCUT2D eigenvalue weighted by Crippen LogP contribution is 2.35. The third-order valence-corrected chi connectivity index (χ3v) is 8.85. The van der Waals surface area contributed by atoms with Crippen molar-refractivity contribution in [1.29, 1.82) is 0 Å². The Bertz CT molecular complexity index is 979. The van der Waals surface area contributed by atoms with Gasteiger partial charge in [-0.05, 0) is 80.9 Å². The first-order valence-corrected chi connectivity index (χ1v) is 13.4. The standard InChI is InChI=1S/C28H37N3O3/c1-17-6-11-26(27(32)29-17)31-16-20-13-18(7-10-24(20)28(31)33)12-19-4-2-3-5-25(19)30-21-14-22-8-9-23(15-21)34-22/h7,10,13,19,21-23,25-26,30H,1-6,8-9,11-12,14-16H2,(H,29,32)/t19-,21?,22?,23?,25+,26?/m1/s1. The molecule has 34 heavy (non-hydrogen) atoms. The predicted octanol–water partition coefficient (Wildman–Crippen LogP) is 3.84. The van der Waals surface area contributed by atoms with Crippen LogP contribution in [0, 0.1) is 5.92 Å². The van der Waals surface area contributed by atoms with Crippen molar-refractivity contribution < 1.29 is 14.3 Å². The number of nitrogens with zero attached hydrogens (tertiary/aromatic N) is 1. The normalized spacial score (nSPS) is 35.4. The summed E-state index contributed by atoms with van der Waals surface area (Å²) in [5, 5.41) is 6.88. The first-order valence-electron chi connectivity index (χ1n) is 13.4. The number of ether oxygens (including phenoxy) is 1. The molecule has 2 bridgehead atoms. The Kier molecular flexibility index (Phi) is 5.98. The summed E-state index contributed by atoms with van der Waals surface area (Å²) in [6.45, 7) is 4.39. The molecular formula is C28H37N3O3. The Balaban J connectivity index is 1.12. The number of fused-ring (bicyclic) bond motifs is 3. The Labute approximate surface area is 202 Å². The van der Waals surface area contributed by atoms with E-state index in [2.05, 4.69) is 29.3 Å². The lowest BCUT2D eigenvalue weighted by molar-refractivity contribution is -0.126. The van der Waals surface area contributed by atoms with Crippen LogP contribution in [0.2, 0.25) is 0 Å². The van der Waals surface area contributed by atoms with Crippen molar-refractivity contribution in [2.45, 2.75) is 108 Å². The van der Waals surface area contributed by atoms with E-state index in [-0.39, 0.29) is 11.8 Å². The number of allylic oxidation sites excluding steroid dienone is 1. The molecule has 182 valence electrons. The largest absolute Gasteiger partial charge is 0.375 e. The zero-order chi connectivity index (χ0) is 23.2. The van der Waals surface area contributed by atoms with Crippen LogP contribution < -0.4 is 10.6 Å². The fourth-order valence-electron chi connectivity index (χ4n) is 7.11. The molecule has 1 saturated carbocycles. The lowest BCUT2D eigenvalue weighted by Gasteiger charge is -2.38. The summed E-state index contributed by atoms with van der Waals surface area (Å²) in [6.07, 6.45) is 13.3. The van der Waals surface area contributed by atoms with Crippen LogP contribution in [0.25, 0.3) is 0 Å². The Morgan fingerprint density at radius 1 is 1.06 bits per heavy atom. The fraction of sp³-hybridized carbons (Fsp3) is 0.643. The minimum atomic E-state index is -0.393. The van der Waals surface area contributed by atoms with Crippen LogP contribution in [0.3, 0.4) is 0 Å². The van der Waals surface area contributed by atoms with Crippen LogP contribution in [0.1, 0.15) is 85.7 Å². The maximum Gasteiger partial charge on any atom is 0.255 e. The van der Waals surface area contributed by atoms with Gasteiger partial charge in [-0.15, -0.1) is 0 Å². The predicted molar refractivity (Wildman–Crippen MR) is 130 cm³/mol. The lowest BCUT2D eigenvalue weighted by atomic mass is 9.79. The van der Waals surface area contributed by atoms with Gasteiger partial charge in [0.1, 0.15) is 6.04 Å². The van der Waals surface area contributed by atoms with Gasteiger partial charge in [-0.25, -0.2) is 0 Å². The Morgan fingerprint density at radius 2 is 1.85 bits per heavy atom. The number of piperidine rings is 1. The highest BCUT2D eigenvalue weighted by atomic mass is 16.5. The van der Waals surface area contributed by atoms with Crippen molar-refractivity contribution >= 4 is 11.8 Å². The molecule has 3 unspecified atom stereocenters. The highest BCUT2D eigenvalue weighted by Gasteiger charge is 2.39. The van der Waals surface area contributed by atoms with E-state index in [4.69, 9.17) is 4.74 Å². The average molecular weight is 464 g/mol. The van der Waals surface area contributed by atoms with Gasteiger partial charge in [0.05, 0.1) is 12.2 Å². The summed E-state index contributed by atoms with van der Waals surface area (Å²) in [5.74, 6) is 0.520. The number of benzene rings is 1. The molecule has 2 N–H and O–H groups in total. The summed E-state index contributed by atoms with van der Waals surface area (Å²) in [5.41, 5.74) is 3.90. The van der Waals surface area contributed by atoms with Crippen molar-refractivity contribution in [2.24, 2.45) is 5.92 Å². The highest BCUT2D eigenvalue weighted by molar-refractivity contribution is 6.01. The molecular weight excluding hydrogens is 426 g/mol. The quantitative estimate of drug-likeness (QED) is 0.696. The van der Waals surface area contributed by atoms with E-state index in [1.165, 1.54) is 56.9 Å². The molecule has 1 aliphatic carbocycles. The molecule has 0 aromatic heterocycles. The van der Waals surface area contributed by atoms with E-state index in [0.29, 0.717) is 43.2 Å². The minimum absolute atomic E-state index is 0.0134. The van der Waals surface area contributed by atoms with E-state index < -0.39 is 6.04 Å². The zero-order valence-corrected chi connectivity index (χ0v) is 20.1. The summed E-state index contributed by atoms with van der Waals surface area (Å²) in [6, 6.07) is 7.14. The summed E-state index contributed by atoms with van der Waals surface area (Å²) in [4.78, 5) is 27.3. The van der Waals surface area contributed by atoms with Crippen molar-refractivity contribution in [2.75, 3.05) is 0 Å². The number of amides is 2. The second-order valence-corrected chi connectivity index (χ2v) is 11.2. The summed E-state index contributed by atoms with van der Waals surface area (Å²) in [7, 11) is 0. The van der Waals surface area contributed by atoms with Gasteiger partial charge < -0.3 is 20.3 Å². The number of nitrogens with one attached hydrogen (secondary N) is 2. The monoisotopic (exact) mass is 463 g/mol. The molecule has 0 radical (unpaired) electrons. The number of hydrogen-bond acceptors (Lipinski definition) is 4. The molecule has 5 atom stereocenters. The zero-order valence-electron chi connectivity index (χ0n) is 20.1. The molecule has 5 aliphatic rings. The second-order valence-electron chi connectivity index (χ2n) is 11.2. The van der Waals surface area contributed by atoms with Gasteiger partial charge in [0.2, 0.25) is 5.91 Å². The summed E-state index contributed by atoms with van der Waals surface area (Å²) < 4.78 is 6.05. The first-order chi connectivity index (χ1) is 16.5. The van der Waals surface area contributed by atoms with Gasteiger partial charge in [0.15, 0.2) is 0 Å². The van der Waals surface area contributed by atoms with Crippen molar-refractivity contribution in [3.8, 4) is 0 Å². The van der Waals surface area contributed by atoms with Gasteiger partial charge in [-0.1, -0.05) is 31.6 Å². The van der Waals surface area contributed by atoms with E-state index in [0.717, 1.165) is 29.7 Å². The molecule has 1 aromatic rings. The van der Waals surface area contributed by atoms with Crippen molar-refractivity contribution in [3.63, 3.8) is 0 Å². The van der Waals surface area contributed by atoms with Crippen LogP contribution in [-0.4, -0.2) is 47.0 Å². The third-order valence-electron chi connectivity index (χ3n) is 8.85. The van der Waals surface area contributed by atoms with Gasteiger partial charge in [-0.3, -0.25) is 9.59 Å². The van der Waals surface area contributed by atoms with Gasteiger partial charge in [-0.2, -0.15) is 0 Å². The molecule has 4 heterocycles. The maximum atomic E-state index is 13.1. The van der Waals surface area contributed by atoms with Gasteiger partial charge in [0.25, 0.3) is 5.91 Å². The average Bonchev–Trinajstić information content (AvgIpc) is 3.33. The number of carbonyl (C=O) groups excluding carboxylic acids is 2. The molecule has 1 aromatic carbocycles. The third kappa shape index (κ3) is 4.31. The topological polar surface area (TPSA) is 70.7 Å². The van der Waals surface area contributed by atoms with Crippen molar-refractivity contribution in [3.05, 3.63) is 47.2 Å². The van der Waals surface area contributed by atoms with Crippen molar-refractivity contribution in [1.82, 2.24) is 15.5 Å². The SMILES string of the molecule is C=C1CCC(N2Cc3cc(C[C@H]4CCCC[C@@H]4NC4CC5CCC(C4)O5)ccc3C2=O)C(=O)N1. The Morgan fingerprint density at radius 3 is 2.65 bits per heavy atom. The lowest BCUT2D eigenvalue weighted by Crippen LogP contribution is -2.49. The molecule has 0 spiro atoms. The number of rotatable bonds is 5. The molecule has 6 heteroatoms. The Hall–Kier alpha value is -2.18. The fourth-order valence-corrected chi connectivity index (χ4v) is 7.11. The van der Waals surface area contributed by atoms with Crippen LogP contribution in [0.15, 0.2) is 30.5 Å². The second kappa shape index (κ2) is 9.12. The van der Waals surface area contributed by atoms with Gasteiger partial charge >= 0.3 is 0 Å². The van der Waals surface area contributed by atoms with E-state index in [1.807, 2.05) is 6.07 Å². The molecule has 6 nitrogen and oxygen atoms in total. The maximum absolute atomic E-state index is 13.1. The smallest absolute Gasteiger partial charge is 0.255 e. The number of hydrogen-bond donors (Lipinski definition) is 2. The van der Waals surface area contributed by atoms with Crippen LogP contribution in [-0.2, 0) is 22.5 Å². The molecule has 4 aliphatic heterocycles. The van der Waals surface area contributed by atoms with E-state index >= 15 is 0 Å². The molecule has 6 rings (SSSR count). The first kappa shape index (κ1) is 22.3. The van der Waals surface area contributed by atoms with Crippen LogP contribution in [0.5, 0.6) is 0 Å². The minimum Gasteiger partial charge on any atom is -0.375 e. The summed E-state index contributed by atoms with van der Waals surface area (Å²) >= 11 is 0. The molecule has 2 amide bonds. The van der Waals surface area contributed by atoms with E-state index in [9.17, 15) is 9.59 Å². The molecule has 4 fully saturated rings. The molecule has 3 saturated heterocycles. The van der Waals surface area contributed by atoms with Crippen LogP contribution >= 0.6 is 0 Å². The van der Waals surface area contributed by atoms with Gasteiger partial charge in [0, 0.05) is 29.9 Å². The van der Waals surface area contributed by atoms with E-state index in [1.54, 1.807) is 4.90 Å². The number of carbonyl (C=O) groups is 2.